The summed E-state index contributed by atoms with van der Waals surface area (Å²) in [7, 11) is 0. The van der Waals surface area contributed by atoms with Crippen LogP contribution in [0.1, 0.15) is 32.1 Å². The minimum atomic E-state index is -0.916. The summed E-state index contributed by atoms with van der Waals surface area (Å²) in [6.45, 7) is 1.11. The third-order valence-corrected chi connectivity index (χ3v) is 6.30. The molecule has 0 aliphatic heterocycles. The molecule has 2 atom stereocenters. The van der Waals surface area contributed by atoms with Crippen molar-refractivity contribution in [1.82, 2.24) is 25.3 Å². The summed E-state index contributed by atoms with van der Waals surface area (Å²) < 4.78 is 44.1. The predicted octanol–water partition coefficient (Wildman–Crippen LogP) is 2.66. The zero-order valence-electron chi connectivity index (χ0n) is 21.8. The third-order valence-electron chi connectivity index (χ3n) is 6.30. The third kappa shape index (κ3) is 8.63. The minimum Gasteiger partial charge on any atom is -0.481 e. The smallest absolute Gasteiger partial charge is 0.305 e. The Balaban J connectivity index is 1.19. The number of ether oxygens (including phenoxy) is 3. The number of carboxylic acid groups (broad SMARTS) is 1. The maximum Gasteiger partial charge on any atom is 0.305 e. The number of nitrogens with one attached hydrogen (secondary N) is 3. The van der Waals surface area contributed by atoms with Gasteiger partial charge in [-0.05, 0) is 31.7 Å². The molecular formula is C26H32F2N6O6. The van der Waals surface area contributed by atoms with Gasteiger partial charge >= 0.3 is 5.97 Å². The van der Waals surface area contributed by atoms with Crippen LogP contribution in [0.3, 0.4) is 0 Å². The van der Waals surface area contributed by atoms with Crippen molar-refractivity contribution >= 4 is 28.7 Å². The molecule has 1 aliphatic rings. The summed E-state index contributed by atoms with van der Waals surface area (Å²) in [6.07, 6.45) is 6.72. The van der Waals surface area contributed by atoms with Crippen molar-refractivity contribution in [2.75, 3.05) is 45.0 Å². The highest BCUT2D eigenvalue weighted by molar-refractivity contribution is 5.91. The molecule has 12 nitrogen and oxygen atoms in total. The van der Waals surface area contributed by atoms with Crippen LogP contribution in [0.4, 0.5) is 14.6 Å². The Hall–Kier alpha value is -3.75. The molecule has 14 heteroatoms. The molecule has 0 radical (unpaired) electrons. The first-order valence-corrected chi connectivity index (χ1v) is 13.1. The Labute approximate surface area is 228 Å². The quantitative estimate of drug-likeness (QED) is 0.203. The molecule has 4 N–H and O–H groups in total. The zero-order chi connectivity index (χ0) is 28.3. The Morgan fingerprint density at radius 2 is 1.77 bits per heavy atom. The standard InChI is InChI=1S/C26H32F2N6O6/c27-16-10-19-20(13-30-24(19)29-12-16)25-31-14-21(28)26(34-25)33-18-3-1-2-17(11-18)32-22(35)15-40-9-8-39-7-6-38-5-4-23(36)37/h10,12-14,17-18H,1-9,11,15H2,(H,29,30)(H,32,35)(H,36,37)(H,31,33,34)/t17-,18+/m0/s1. The van der Waals surface area contributed by atoms with Crippen LogP contribution in [-0.2, 0) is 23.8 Å². The van der Waals surface area contributed by atoms with Gasteiger partial charge in [-0.3, -0.25) is 9.59 Å². The molecule has 1 saturated carbocycles. The Kier molecular flexibility index (Phi) is 10.7. The number of rotatable bonds is 15. The van der Waals surface area contributed by atoms with E-state index in [1.165, 1.54) is 6.07 Å². The van der Waals surface area contributed by atoms with Gasteiger partial charge in [0.15, 0.2) is 17.5 Å². The Morgan fingerprint density at radius 1 is 1.02 bits per heavy atom. The highest BCUT2D eigenvalue weighted by Gasteiger charge is 2.25. The first-order chi connectivity index (χ1) is 19.4. The fourth-order valence-electron chi connectivity index (χ4n) is 4.44. The fourth-order valence-corrected chi connectivity index (χ4v) is 4.44. The van der Waals surface area contributed by atoms with Gasteiger partial charge in [-0.15, -0.1) is 0 Å². The lowest BCUT2D eigenvalue weighted by molar-refractivity contribution is -0.138. The lowest BCUT2D eigenvalue weighted by atomic mass is 9.91. The number of hydrogen-bond donors (Lipinski definition) is 4. The highest BCUT2D eigenvalue weighted by atomic mass is 19.1. The first kappa shape index (κ1) is 29.2. The van der Waals surface area contributed by atoms with Crippen LogP contribution < -0.4 is 10.6 Å². The minimum absolute atomic E-state index is 0.0382. The van der Waals surface area contributed by atoms with E-state index in [2.05, 4.69) is 30.6 Å². The SMILES string of the molecule is O=C(O)CCOCCOCCOCC(=O)N[C@H]1CCC[C@@H](Nc2nc(-c3c[nH]c4ncc(F)cc34)ncc2F)C1. The van der Waals surface area contributed by atoms with Crippen molar-refractivity contribution in [3.8, 4) is 11.4 Å². The topological polar surface area (TPSA) is 161 Å². The summed E-state index contributed by atoms with van der Waals surface area (Å²) in [4.78, 5) is 38.1. The van der Waals surface area contributed by atoms with E-state index >= 15 is 0 Å². The maximum atomic E-state index is 14.6. The van der Waals surface area contributed by atoms with E-state index in [1.807, 2.05) is 0 Å². The normalized spacial score (nSPS) is 17.1. The van der Waals surface area contributed by atoms with Gasteiger partial charge in [-0.2, -0.15) is 0 Å². The lowest BCUT2D eigenvalue weighted by Gasteiger charge is -2.30. The molecule has 40 heavy (non-hydrogen) atoms. The number of halogens is 2. The highest BCUT2D eigenvalue weighted by Crippen LogP contribution is 2.28. The van der Waals surface area contributed by atoms with Crippen molar-refractivity contribution in [2.24, 2.45) is 0 Å². The van der Waals surface area contributed by atoms with Crippen LogP contribution in [0.2, 0.25) is 0 Å². The summed E-state index contributed by atoms with van der Waals surface area (Å²) in [5.74, 6) is -2.01. The largest absolute Gasteiger partial charge is 0.481 e. The molecule has 216 valence electrons. The second-order valence-corrected chi connectivity index (χ2v) is 9.34. The van der Waals surface area contributed by atoms with Crippen LogP contribution in [0.15, 0.2) is 24.7 Å². The van der Waals surface area contributed by atoms with Crippen LogP contribution in [0, 0.1) is 11.6 Å². The van der Waals surface area contributed by atoms with Crippen LogP contribution >= 0.6 is 0 Å². The molecular weight excluding hydrogens is 530 g/mol. The summed E-state index contributed by atoms with van der Waals surface area (Å²) >= 11 is 0. The second-order valence-electron chi connectivity index (χ2n) is 9.34. The van der Waals surface area contributed by atoms with Gasteiger partial charge in [0.25, 0.3) is 0 Å². The predicted molar refractivity (Wildman–Crippen MR) is 140 cm³/mol. The van der Waals surface area contributed by atoms with Crippen molar-refractivity contribution in [2.45, 2.75) is 44.2 Å². The molecule has 1 fully saturated rings. The van der Waals surface area contributed by atoms with Crippen molar-refractivity contribution in [3.63, 3.8) is 0 Å². The zero-order valence-corrected chi connectivity index (χ0v) is 21.8. The van der Waals surface area contributed by atoms with E-state index in [9.17, 15) is 18.4 Å². The number of aliphatic carboxylic acids is 1. The number of aromatic amines is 1. The molecule has 0 spiro atoms. The number of carboxylic acids is 1. The van der Waals surface area contributed by atoms with Crippen LogP contribution in [-0.4, -0.2) is 88.6 Å². The second kappa shape index (κ2) is 14.6. The molecule has 0 unspecified atom stereocenters. The number of aromatic nitrogens is 4. The number of fused-ring (bicyclic) bond motifs is 1. The van der Waals surface area contributed by atoms with Crippen LogP contribution in [0.25, 0.3) is 22.4 Å². The van der Waals surface area contributed by atoms with E-state index in [-0.39, 0.29) is 69.1 Å². The molecule has 1 amide bonds. The molecule has 3 aromatic rings. The van der Waals surface area contributed by atoms with Gasteiger partial charge in [0, 0.05) is 29.2 Å². The molecule has 1 aliphatic carbocycles. The van der Waals surface area contributed by atoms with E-state index in [1.54, 1.807) is 6.20 Å². The number of carbonyl (C=O) groups is 2. The molecule has 3 aromatic heterocycles. The maximum absolute atomic E-state index is 14.6. The number of hydrogen-bond acceptors (Lipinski definition) is 9. The van der Waals surface area contributed by atoms with E-state index in [4.69, 9.17) is 19.3 Å². The van der Waals surface area contributed by atoms with Gasteiger partial charge in [-0.25, -0.2) is 23.7 Å². The van der Waals surface area contributed by atoms with Gasteiger partial charge < -0.3 is 34.9 Å². The summed E-state index contributed by atoms with van der Waals surface area (Å²) in [5, 5.41) is 15.1. The van der Waals surface area contributed by atoms with E-state index in [0.717, 1.165) is 31.7 Å². The summed E-state index contributed by atoms with van der Waals surface area (Å²) in [5.41, 5.74) is 0.981. The molecule has 4 rings (SSSR count). The van der Waals surface area contributed by atoms with Gasteiger partial charge in [0.2, 0.25) is 5.91 Å². The number of carbonyl (C=O) groups excluding carboxylic acids is 1. The number of H-pyrrole nitrogens is 1. The van der Waals surface area contributed by atoms with Gasteiger partial charge in [0.1, 0.15) is 18.1 Å². The van der Waals surface area contributed by atoms with Crippen molar-refractivity contribution in [3.05, 3.63) is 36.3 Å². The van der Waals surface area contributed by atoms with Crippen molar-refractivity contribution in [1.29, 1.82) is 0 Å². The number of pyridine rings is 1. The molecule has 3 heterocycles. The van der Waals surface area contributed by atoms with Crippen LogP contribution in [0.5, 0.6) is 0 Å². The van der Waals surface area contributed by atoms with E-state index < -0.39 is 17.6 Å². The first-order valence-electron chi connectivity index (χ1n) is 13.1. The Bertz CT molecular complexity index is 1290. The van der Waals surface area contributed by atoms with Gasteiger partial charge in [0.05, 0.1) is 51.8 Å². The molecule has 0 saturated heterocycles. The number of anilines is 1. The molecule has 0 aromatic carbocycles. The average Bonchev–Trinajstić information content (AvgIpc) is 3.34. The summed E-state index contributed by atoms with van der Waals surface area (Å²) in [6, 6.07) is 1.10. The van der Waals surface area contributed by atoms with Crippen molar-refractivity contribution < 1.29 is 37.7 Å². The van der Waals surface area contributed by atoms with E-state index in [0.29, 0.717) is 29.6 Å². The van der Waals surface area contributed by atoms with Gasteiger partial charge in [-0.1, -0.05) is 0 Å². The Morgan fingerprint density at radius 3 is 2.58 bits per heavy atom. The number of nitrogens with zero attached hydrogens (tertiary/aromatic N) is 3. The lowest BCUT2D eigenvalue weighted by Crippen LogP contribution is -2.43. The molecule has 0 bridgehead atoms. The average molecular weight is 563 g/mol. The number of amides is 1. The fraction of sp³-hybridized carbons (Fsp3) is 0.500. The monoisotopic (exact) mass is 562 g/mol.